The molecule has 0 radical (unpaired) electrons. The molecule has 21 heavy (non-hydrogen) atoms. The van der Waals surface area contributed by atoms with Crippen LogP contribution in [0.2, 0.25) is 5.02 Å². The molecule has 0 fully saturated rings. The molecule has 0 aliphatic rings. The van der Waals surface area contributed by atoms with Gasteiger partial charge in [-0.3, -0.25) is 13.8 Å². The van der Waals surface area contributed by atoms with E-state index in [9.17, 15) is 4.79 Å². The van der Waals surface area contributed by atoms with Gasteiger partial charge in [0.15, 0.2) is 0 Å². The highest BCUT2D eigenvalue weighted by atomic mass is 35.5. The fourth-order valence-corrected chi connectivity index (χ4v) is 2.40. The lowest BCUT2D eigenvalue weighted by Gasteiger charge is -2.08. The molecule has 3 aromatic rings. The van der Waals surface area contributed by atoms with E-state index in [1.165, 1.54) is 0 Å². The summed E-state index contributed by atoms with van der Waals surface area (Å²) in [6.45, 7) is 5.94. The average molecular weight is 303 g/mol. The van der Waals surface area contributed by atoms with Crippen LogP contribution in [0.15, 0.2) is 35.4 Å². The third kappa shape index (κ3) is 2.23. The van der Waals surface area contributed by atoms with Crippen molar-refractivity contribution in [3.05, 3.63) is 57.4 Å². The van der Waals surface area contributed by atoms with Gasteiger partial charge in [0.05, 0.1) is 0 Å². The van der Waals surface area contributed by atoms with E-state index in [1.807, 2.05) is 39.1 Å². The normalized spacial score (nSPS) is 11.5. The number of aryl methyl sites for hydroxylation is 1. The molecule has 2 heterocycles. The number of hydrogen-bond acceptors (Lipinski definition) is 3. The lowest BCUT2D eigenvalue weighted by atomic mass is 10.2. The smallest absolute Gasteiger partial charge is 0.280 e. The van der Waals surface area contributed by atoms with Gasteiger partial charge in [-0.1, -0.05) is 25.4 Å². The molecule has 1 aromatic carbocycles. The van der Waals surface area contributed by atoms with Crippen LogP contribution in [0, 0.1) is 6.92 Å². The van der Waals surface area contributed by atoms with Crippen molar-refractivity contribution < 1.29 is 0 Å². The second kappa shape index (κ2) is 5.00. The highest BCUT2D eigenvalue weighted by molar-refractivity contribution is 6.31. The van der Waals surface area contributed by atoms with Gasteiger partial charge >= 0.3 is 5.56 Å². The van der Waals surface area contributed by atoms with Gasteiger partial charge < -0.3 is 0 Å². The summed E-state index contributed by atoms with van der Waals surface area (Å²) in [7, 11) is 0. The maximum absolute atomic E-state index is 12.6. The molecule has 0 saturated heterocycles. The number of benzene rings is 1. The van der Waals surface area contributed by atoms with Crippen LogP contribution in [0.4, 0.5) is 0 Å². The Balaban J connectivity index is 2.23. The van der Waals surface area contributed by atoms with Crippen molar-refractivity contribution in [1.82, 2.24) is 19.2 Å². The van der Waals surface area contributed by atoms with Gasteiger partial charge in [-0.25, -0.2) is 0 Å². The lowest BCUT2D eigenvalue weighted by molar-refractivity contribution is 0.756. The Kier molecular flexibility index (Phi) is 3.29. The first-order valence-corrected chi connectivity index (χ1v) is 7.09. The van der Waals surface area contributed by atoms with E-state index in [-0.39, 0.29) is 11.5 Å². The lowest BCUT2D eigenvalue weighted by Crippen LogP contribution is -2.20. The van der Waals surface area contributed by atoms with Crippen molar-refractivity contribution in [2.75, 3.05) is 0 Å². The first-order chi connectivity index (χ1) is 9.99. The summed E-state index contributed by atoms with van der Waals surface area (Å²) in [5.74, 6) is 0.981. The molecular formula is C15H15ClN4O. The standard InChI is InChI=1S/C15H15ClN4O/c1-9(2)13-17-18-14-15(21)19(6-7-20(13)14)11-4-5-12(16)10(3)8-11/h4-9H,1-3H3. The van der Waals surface area contributed by atoms with Crippen molar-refractivity contribution in [2.24, 2.45) is 0 Å². The van der Waals surface area contributed by atoms with Crippen LogP contribution >= 0.6 is 11.6 Å². The number of fused-ring (bicyclic) bond motifs is 1. The van der Waals surface area contributed by atoms with Crippen LogP contribution in [0.1, 0.15) is 31.2 Å². The Bertz CT molecular complexity index is 879. The second-order valence-electron chi connectivity index (χ2n) is 5.31. The molecule has 0 aliphatic heterocycles. The minimum absolute atomic E-state index is 0.196. The first kappa shape index (κ1) is 13.8. The molecule has 0 atom stereocenters. The molecule has 108 valence electrons. The summed E-state index contributed by atoms with van der Waals surface area (Å²) in [5.41, 5.74) is 1.82. The first-order valence-electron chi connectivity index (χ1n) is 6.72. The van der Waals surface area contributed by atoms with Crippen LogP contribution in [0.5, 0.6) is 0 Å². The van der Waals surface area contributed by atoms with Crippen molar-refractivity contribution in [1.29, 1.82) is 0 Å². The molecule has 0 N–H and O–H groups in total. The Labute approximate surface area is 126 Å². The number of nitrogens with zero attached hydrogens (tertiary/aromatic N) is 4. The maximum atomic E-state index is 12.6. The van der Waals surface area contributed by atoms with E-state index < -0.39 is 0 Å². The highest BCUT2D eigenvalue weighted by Crippen LogP contribution is 2.18. The van der Waals surface area contributed by atoms with Crippen LogP contribution in [0.25, 0.3) is 11.3 Å². The molecule has 0 spiro atoms. The quantitative estimate of drug-likeness (QED) is 0.731. The molecule has 0 bridgehead atoms. The average Bonchev–Trinajstić information content (AvgIpc) is 2.87. The molecule has 3 rings (SSSR count). The molecule has 6 heteroatoms. The molecule has 0 saturated carbocycles. The Morgan fingerprint density at radius 3 is 2.62 bits per heavy atom. The topological polar surface area (TPSA) is 52.2 Å². The van der Waals surface area contributed by atoms with Crippen LogP contribution in [0.3, 0.4) is 0 Å². The van der Waals surface area contributed by atoms with E-state index in [0.717, 1.165) is 17.1 Å². The molecule has 0 unspecified atom stereocenters. The summed E-state index contributed by atoms with van der Waals surface area (Å²) in [6.07, 6.45) is 3.54. The summed E-state index contributed by atoms with van der Waals surface area (Å²) in [6, 6.07) is 5.47. The Morgan fingerprint density at radius 2 is 1.95 bits per heavy atom. The van der Waals surface area contributed by atoms with Gasteiger partial charge in [-0.2, -0.15) is 0 Å². The van der Waals surface area contributed by atoms with Crippen molar-refractivity contribution in [2.45, 2.75) is 26.7 Å². The van der Waals surface area contributed by atoms with Crippen molar-refractivity contribution in [3.8, 4) is 5.69 Å². The van der Waals surface area contributed by atoms with Gasteiger partial charge in [-0.05, 0) is 30.7 Å². The Morgan fingerprint density at radius 1 is 1.19 bits per heavy atom. The van der Waals surface area contributed by atoms with Gasteiger partial charge in [0.1, 0.15) is 5.82 Å². The number of hydrogen-bond donors (Lipinski definition) is 0. The number of halogens is 1. The predicted octanol–water partition coefficient (Wildman–Crippen LogP) is 2.97. The molecule has 0 amide bonds. The molecule has 2 aromatic heterocycles. The number of aromatic nitrogens is 4. The molecule has 0 aliphatic carbocycles. The monoisotopic (exact) mass is 302 g/mol. The van der Waals surface area contributed by atoms with E-state index in [1.54, 1.807) is 21.2 Å². The maximum Gasteiger partial charge on any atom is 0.300 e. The summed E-state index contributed by atoms with van der Waals surface area (Å²) >= 11 is 6.03. The summed E-state index contributed by atoms with van der Waals surface area (Å²) in [5, 5.41) is 8.80. The van der Waals surface area contributed by atoms with E-state index in [4.69, 9.17) is 11.6 Å². The van der Waals surface area contributed by atoms with Crippen molar-refractivity contribution in [3.63, 3.8) is 0 Å². The van der Waals surface area contributed by atoms with E-state index in [0.29, 0.717) is 10.7 Å². The fourth-order valence-electron chi connectivity index (χ4n) is 2.28. The molecular weight excluding hydrogens is 288 g/mol. The SMILES string of the molecule is Cc1cc(-n2ccn3c(C(C)C)nnc3c2=O)ccc1Cl. The Hall–Kier alpha value is -2.14. The van der Waals surface area contributed by atoms with Crippen LogP contribution < -0.4 is 5.56 Å². The van der Waals surface area contributed by atoms with Crippen LogP contribution in [-0.4, -0.2) is 19.2 Å². The van der Waals surface area contributed by atoms with Crippen LogP contribution in [-0.2, 0) is 0 Å². The minimum Gasteiger partial charge on any atom is -0.280 e. The summed E-state index contributed by atoms with van der Waals surface area (Å²) < 4.78 is 3.30. The largest absolute Gasteiger partial charge is 0.300 e. The minimum atomic E-state index is -0.196. The fraction of sp³-hybridized carbons (Fsp3) is 0.267. The van der Waals surface area contributed by atoms with Gasteiger partial charge in [0.2, 0.25) is 5.65 Å². The van der Waals surface area contributed by atoms with E-state index in [2.05, 4.69) is 10.2 Å². The third-order valence-corrected chi connectivity index (χ3v) is 3.86. The number of rotatable bonds is 2. The van der Waals surface area contributed by atoms with Gasteiger partial charge in [-0.15, -0.1) is 10.2 Å². The summed E-state index contributed by atoms with van der Waals surface area (Å²) in [4.78, 5) is 12.6. The zero-order valence-electron chi connectivity index (χ0n) is 12.0. The zero-order valence-corrected chi connectivity index (χ0v) is 12.8. The van der Waals surface area contributed by atoms with Crippen molar-refractivity contribution >= 4 is 17.2 Å². The third-order valence-electron chi connectivity index (χ3n) is 3.43. The second-order valence-corrected chi connectivity index (χ2v) is 5.72. The predicted molar refractivity (Wildman–Crippen MR) is 82.4 cm³/mol. The van der Waals surface area contributed by atoms with Gasteiger partial charge in [0, 0.05) is 29.0 Å². The van der Waals surface area contributed by atoms with Gasteiger partial charge in [0.25, 0.3) is 0 Å². The zero-order chi connectivity index (χ0) is 15.1. The molecule has 5 nitrogen and oxygen atoms in total. The highest BCUT2D eigenvalue weighted by Gasteiger charge is 2.13. The van der Waals surface area contributed by atoms with E-state index >= 15 is 0 Å².